The predicted molar refractivity (Wildman–Crippen MR) is 95.1 cm³/mol. The van der Waals surface area contributed by atoms with E-state index in [1.165, 1.54) is 11.3 Å². The average molecular weight is 337 g/mol. The SMILES string of the molecule is Cc1cc(C(=O)NCC2CCN(C)C2)c(NC(=O)C(C)(C)C)s1. The Hall–Kier alpha value is -1.40. The van der Waals surface area contributed by atoms with Crippen LogP contribution in [0.1, 0.15) is 42.4 Å². The van der Waals surface area contributed by atoms with Gasteiger partial charge >= 0.3 is 0 Å². The molecule has 1 unspecified atom stereocenters. The first-order chi connectivity index (χ1) is 10.7. The molecule has 0 aromatic carbocycles. The van der Waals surface area contributed by atoms with Crippen LogP contribution in [0.25, 0.3) is 0 Å². The van der Waals surface area contributed by atoms with Crippen molar-refractivity contribution < 1.29 is 9.59 Å². The van der Waals surface area contributed by atoms with Gasteiger partial charge in [-0.25, -0.2) is 0 Å². The number of hydrogen-bond donors (Lipinski definition) is 2. The molecule has 1 atom stereocenters. The molecule has 128 valence electrons. The molecule has 0 spiro atoms. The number of carbonyl (C=O) groups excluding carboxylic acids is 2. The Morgan fingerprint density at radius 2 is 2.09 bits per heavy atom. The summed E-state index contributed by atoms with van der Waals surface area (Å²) in [5.74, 6) is 0.329. The maximum absolute atomic E-state index is 12.5. The zero-order valence-electron chi connectivity index (χ0n) is 14.7. The molecule has 0 bridgehead atoms. The molecule has 23 heavy (non-hydrogen) atoms. The van der Waals surface area contributed by atoms with Crippen LogP contribution in [0.2, 0.25) is 0 Å². The molecule has 2 N–H and O–H groups in total. The van der Waals surface area contributed by atoms with Crippen molar-refractivity contribution >= 4 is 28.2 Å². The van der Waals surface area contributed by atoms with E-state index in [-0.39, 0.29) is 11.8 Å². The van der Waals surface area contributed by atoms with Crippen LogP contribution >= 0.6 is 11.3 Å². The molecular formula is C17H27N3O2S. The second kappa shape index (κ2) is 7.01. The van der Waals surface area contributed by atoms with E-state index in [4.69, 9.17) is 0 Å². The van der Waals surface area contributed by atoms with E-state index in [2.05, 4.69) is 22.6 Å². The molecule has 1 aliphatic heterocycles. The molecule has 0 aliphatic carbocycles. The monoisotopic (exact) mass is 337 g/mol. The van der Waals surface area contributed by atoms with Gasteiger partial charge < -0.3 is 15.5 Å². The molecule has 1 aromatic heterocycles. The Kier molecular flexibility index (Phi) is 5.47. The van der Waals surface area contributed by atoms with Crippen LogP contribution in [0.3, 0.4) is 0 Å². The topological polar surface area (TPSA) is 61.4 Å². The summed E-state index contributed by atoms with van der Waals surface area (Å²) in [6.45, 7) is 10.3. The zero-order chi connectivity index (χ0) is 17.2. The van der Waals surface area contributed by atoms with Crippen molar-refractivity contribution in [2.24, 2.45) is 11.3 Å². The fourth-order valence-corrected chi connectivity index (χ4v) is 3.50. The third-order valence-corrected chi connectivity index (χ3v) is 5.01. The van der Waals surface area contributed by atoms with Crippen LogP contribution in [0.4, 0.5) is 5.00 Å². The Balaban J connectivity index is 2.01. The molecule has 5 nitrogen and oxygen atoms in total. The normalized spacial score (nSPS) is 18.9. The highest BCUT2D eigenvalue weighted by Crippen LogP contribution is 2.29. The third-order valence-electron chi connectivity index (χ3n) is 4.05. The molecule has 1 aliphatic rings. The molecular weight excluding hydrogens is 310 g/mol. The highest BCUT2D eigenvalue weighted by molar-refractivity contribution is 7.16. The smallest absolute Gasteiger partial charge is 0.254 e. The minimum Gasteiger partial charge on any atom is -0.352 e. The number of aryl methyl sites for hydroxylation is 1. The first-order valence-electron chi connectivity index (χ1n) is 8.05. The van der Waals surface area contributed by atoms with Crippen molar-refractivity contribution in [3.63, 3.8) is 0 Å². The second-order valence-electron chi connectivity index (χ2n) is 7.43. The van der Waals surface area contributed by atoms with Crippen LogP contribution in [-0.2, 0) is 4.79 Å². The number of anilines is 1. The third kappa shape index (κ3) is 4.78. The minimum atomic E-state index is -0.486. The summed E-state index contributed by atoms with van der Waals surface area (Å²) in [5, 5.41) is 6.56. The summed E-state index contributed by atoms with van der Waals surface area (Å²) >= 11 is 1.44. The first-order valence-corrected chi connectivity index (χ1v) is 8.87. The van der Waals surface area contributed by atoms with Crippen molar-refractivity contribution in [1.82, 2.24) is 10.2 Å². The molecule has 2 amide bonds. The maximum Gasteiger partial charge on any atom is 0.254 e. The van der Waals surface area contributed by atoms with E-state index in [0.29, 0.717) is 23.0 Å². The summed E-state index contributed by atoms with van der Waals surface area (Å²) in [7, 11) is 2.10. The van der Waals surface area contributed by atoms with Crippen molar-refractivity contribution in [2.45, 2.75) is 34.1 Å². The number of hydrogen-bond acceptors (Lipinski definition) is 4. The van der Waals surface area contributed by atoms with Gasteiger partial charge in [-0.2, -0.15) is 0 Å². The van der Waals surface area contributed by atoms with Gasteiger partial charge in [0.1, 0.15) is 5.00 Å². The number of likely N-dealkylation sites (tertiary alicyclic amines) is 1. The summed E-state index contributed by atoms with van der Waals surface area (Å²) in [6.07, 6.45) is 1.12. The van der Waals surface area contributed by atoms with E-state index in [9.17, 15) is 9.59 Å². The van der Waals surface area contributed by atoms with Gasteiger partial charge in [-0.1, -0.05) is 20.8 Å². The van der Waals surface area contributed by atoms with Gasteiger partial charge in [-0.15, -0.1) is 11.3 Å². The molecule has 1 aromatic rings. The minimum absolute atomic E-state index is 0.0779. The average Bonchev–Trinajstić information content (AvgIpc) is 3.01. The Labute approximate surface area is 142 Å². The molecule has 0 radical (unpaired) electrons. The molecule has 0 saturated carbocycles. The van der Waals surface area contributed by atoms with Crippen LogP contribution in [0.15, 0.2) is 6.07 Å². The molecule has 6 heteroatoms. The number of rotatable bonds is 4. The number of nitrogens with zero attached hydrogens (tertiary/aromatic N) is 1. The van der Waals surface area contributed by atoms with Gasteiger partial charge in [0.2, 0.25) is 5.91 Å². The quantitative estimate of drug-likeness (QED) is 0.888. The van der Waals surface area contributed by atoms with Gasteiger partial charge in [-0.3, -0.25) is 9.59 Å². The first kappa shape index (κ1) is 17.9. The Morgan fingerprint density at radius 1 is 1.39 bits per heavy atom. The van der Waals surface area contributed by atoms with Gasteiger partial charge in [0.05, 0.1) is 5.56 Å². The summed E-state index contributed by atoms with van der Waals surface area (Å²) in [6, 6.07) is 1.85. The van der Waals surface area contributed by atoms with Crippen LogP contribution in [0, 0.1) is 18.3 Å². The van der Waals surface area contributed by atoms with E-state index < -0.39 is 5.41 Å². The van der Waals surface area contributed by atoms with Crippen molar-refractivity contribution in [3.8, 4) is 0 Å². The van der Waals surface area contributed by atoms with Crippen molar-refractivity contribution in [1.29, 1.82) is 0 Å². The highest BCUT2D eigenvalue weighted by atomic mass is 32.1. The largest absolute Gasteiger partial charge is 0.352 e. The Morgan fingerprint density at radius 3 is 2.65 bits per heavy atom. The summed E-state index contributed by atoms with van der Waals surface area (Å²) in [5.41, 5.74) is 0.0801. The molecule has 2 rings (SSSR count). The summed E-state index contributed by atoms with van der Waals surface area (Å²) in [4.78, 5) is 28.0. The lowest BCUT2D eigenvalue weighted by Crippen LogP contribution is -2.32. The Bertz CT molecular complexity index is 589. The van der Waals surface area contributed by atoms with Gasteiger partial charge in [0.25, 0.3) is 5.91 Å². The summed E-state index contributed by atoms with van der Waals surface area (Å²) < 4.78 is 0. The molecule has 1 saturated heterocycles. The second-order valence-corrected chi connectivity index (χ2v) is 8.69. The van der Waals surface area contributed by atoms with Crippen LogP contribution in [0.5, 0.6) is 0 Å². The van der Waals surface area contributed by atoms with Gasteiger partial charge in [-0.05, 0) is 38.9 Å². The number of thiophene rings is 1. The zero-order valence-corrected chi connectivity index (χ0v) is 15.5. The fraction of sp³-hybridized carbons (Fsp3) is 0.647. The van der Waals surface area contributed by atoms with Crippen LogP contribution in [-0.4, -0.2) is 43.4 Å². The van der Waals surface area contributed by atoms with E-state index >= 15 is 0 Å². The maximum atomic E-state index is 12.5. The standard InChI is InChI=1S/C17H27N3O2S/c1-11-8-13(15(23-11)19-16(22)17(2,3)4)14(21)18-9-12-6-7-20(5)10-12/h8,12H,6-7,9-10H2,1-5H3,(H,18,21)(H,19,22). The van der Waals surface area contributed by atoms with Crippen LogP contribution < -0.4 is 10.6 Å². The van der Waals surface area contributed by atoms with Gasteiger partial charge in [0, 0.05) is 23.4 Å². The number of nitrogens with one attached hydrogen (secondary N) is 2. The predicted octanol–water partition coefficient (Wildman–Crippen LogP) is 2.72. The highest BCUT2D eigenvalue weighted by Gasteiger charge is 2.25. The lowest BCUT2D eigenvalue weighted by molar-refractivity contribution is -0.123. The van der Waals surface area contributed by atoms with E-state index in [0.717, 1.165) is 24.4 Å². The fourth-order valence-electron chi connectivity index (χ4n) is 2.59. The number of carbonyl (C=O) groups is 2. The lowest BCUT2D eigenvalue weighted by Gasteiger charge is -2.17. The lowest BCUT2D eigenvalue weighted by atomic mass is 9.96. The molecule has 2 heterocycles. The molecule has 1 fully saturated rings. The van der Waals surface area contributed by atoms with Gasteiger partial charge in [0.15, 0.2) is 0 Å². The van der Waals surface area contributed by atoms with E-state index in [1.807, 2.05) is 33.8 Å². The number of amides is 2. The van der Waals surface area contributed by atoms with Crippen molar-refractivity contribution in [3.05, 3.63) is 16.5 Å². The van der Waals surface area contributed by atoms with Crippen molar-refractivity contribution in [2.75, 3.05) is 32.0 Å². The van der Waals surface area contributed by atoms with E-state index in [1.54, 1.807) is 0 Å².